The first-order valence-corrected chi connectivity index (χ1v) is 4.42. The third kappa shape index (κ3) is 1.89. The largest absolute Gasteiger partial charge is 0.341 e. The Balaban J connectivity index is 2.35. The molecule has 0 aliphatic carbocycles. The Hall–Kier alpha value is -2.08. The summed E-state index contributed by atoms with van der Waals surface area (Å²) in [6.45, 7) is 0. The molecule has 0 fully saturated rings. The number of hydrogen-bond acceptors (Lipinski definition) is 6. The van der Waals surface area contributed by atoms with Crippen LogP contribution in [0.3, 0.4) is 0 Å². The zero-order valence-corrected chi connectivity index (χ0v) is 8.19. The Kier molecular flexibility index (Phi) is 2.51. The normalized spacial score (nSPS) is 10.0. The first kappa shape index (κ1) is 9.47. The third-order valence-corrected chi connectivity index (χ3v) is 1.93. The SMILES string of the molecule is CNc1nc(-c2cccc(NN)c2)no1. The van der Waals surface area contributed by atoms with E-state index < -0.39 is 0 Å². The molecule has 0 saturated carbocycles. The molecule has 0 aliphatic rings. The molecule has 4 N–H and O–H groups in total. The second-order valence-corrected chi connectivity index (χ2v) is 2.90. The molecule has 15 heavy (non-hydrogen) atoms. The second-order valence-electron chi connectivity index (χ2n) is 2.90. The van der Waals surface area contributed by atoms with Gasteiger partial charge in [0, 0.05) is 18.3 Å². The summed E-state index contributed by atoms with van der Waals surface area (Å²) in [6.07, 6.45) is 0. The molecule has 0 bridgehead atoms. The Bertz CT molecular complexity index is 453. The highest BCUT2D eigenvalue weighted by Crippen LogP contribution is 2.20. The van der Waals surface area contributed by atoms with Crippen LogP contribution in [0.25, 0.3) is 11.4 Å². The van der Waals surface area contributed by atoms with Crippen molar-refractivity contribution in [2.24, 2.45) is 5.84 Å². The maximum atomic E-state index is 5.30. The van der Waals surface area contributed by atoms with E-state index >= 15 is 0 Å². The van der Waals surface area contributed by atoms with Gasteiger partial charge in [0.1, 0.15) is 0 Å². The Morgan fingerprint density at radius 1 is 1.40 bits per heavy atom. The maximum Gasteiger partial charge on any atom is 0.321 e. The molecule has 0 radical (unpaired) electrons. The van der Waals surface area contributed by atoms with Crippen LogP contribution in [0.4, 0.5) is 11.7 Å². The van der Waals surface area contributed by atoms with Gasteiger partial charge in [0.2, 0.25) is 5.82 Å². The molecular weight excluding hydrogens is 194 g/mol. The summed E-state index contributed by atoms with van der Waals surface area (Å²) in [4.78, 5) is 4.12. The van der Waals surface area contributed by atoms with E-state index in [4.69, 9.17) is 10.4 Å². The van der Waals surface area contributed by atoms with Gasteiger partial charge in [-0.2, -0.15) is 4.98 Å². The zero-order valence-electron chi connectivity index (χ0n) is 8.19. The summed E-state index contributed by atoms with van der Waals surface area (Å²) < 4.78 is 4.92. The molecule has 1 aromatic carbocycles. The van der Waals surface area contributed by atoms with Gasteiger partial charge in [-0.25, -0.2) is 0 Å². The van der Waals surface area contributed by atoms with Crippen molar-refractivity contribution in [2.45, 2.75) is 0 Å². The smallest absolute Gasteiger partial charge is 0.321 e. The van der Waals surface area contributed by atoms with Gasteiger partial charge in [0.15, 0.2) is 0 Å². The number of nitrogens with zero attached hydrogens (tertiary/aromatic N) is 2. The van der Waals surface area contributed by atoms with Crippen molar-refractivity contribution in [3.05, 3.63) is 24.3 Å². The summed E-state index contributed by atoms with van der Waals surface area (Å²) in [5.74, 6) is 5.83. The van der Waals surface area contributed by atoms with Crippen LogP contribution >= 0.6 is 0 Å². The van der Waals surface area contributed by atoms with Crippen LogP contribution in [0.5, 0.6) is 0 Å². The van der Waals surface area contributed by atoms with E-state index in [0.29, 0.717) is 11.8 Å². The summed E-state index contributed by atoms with van der Waals surface area (Å²) in [5.41, 5.74) is 4.19. The van der Waals surface area contributed by atoms with E-state index in [-0.39, 0.29) is 0 Å². The number of benzene rings is 1. The average molecular weight is 205 g/mol. The molecule has 0 atom stereocenters. The van der Waals surface area contributed by atoms with Crippen molar-refractivity contribution < 1.29 is 4.52 Å². The number of nitrogen functional groups attached to an aromatic ring is 1. The molecule has 0 saturated heterocycles. The monoisotopic (exact) mass is 205 g/mol. The van der Waals surface area contributed by atoms with Crippen LogP contribution in [0.1, 0.15) is 0 Å². The fraction of sp³-hybridized carbons (Fsp3) is 0.111. The molecular formula is C9H11N5O. The van der Waals surface area contributed by atoms with Gasteiger partial charge in [-0.3, -0.25) is 5.84 Å². The first-order valence-electron chi connectivity index (χ1n) is 4.42. The molecule has 2 aromatic rings. The lowest BCUT2D eigenvalue weighted by molar-refractivity contribution is 0.434. The lowest BCUT2D eigenvalue weighted by atomic mass is 10.2. The van der Waals surface area contributed by atoms with E-state index in [9.17, 15) is 0 Å². The molecule has 0 amide bonds. The van der Waals surface area contributed by atoms with Crippen LogP contribution < -0.4 is 16.6 Å². The summed E-state index contributed by atoms with van der Waals surface area (Å²) in [6, 6.07) is 7.81. The minimum Gasteiger partial charge on any atom is -0.341 e. The standard InChI is InChI=1S/C9H11N5O/c1-11-9-12-8(14-15-9)6-3-2-4-7(5-6)13-10/h2-5,13H,10H2,1H3,(H,11,12,14). The Morgan fingerprint density at radius 3 is 2.93 bits per heavy atom. The molecule has 0 spiro atoms. The number of hydrogen-bond donors (Lipinski definition) is 3. The fourth-order valence-electron chi connectivity index (χ4n) is 1.19. The van der Waals surface area contributed by atoms with E-state index in [1.807, 2.05) is 24.3 Å². The van der Waals surface area contributed by atoms with Gasteiger partial charge in [-0.05, 0) is 12.1 Å². The van der Waals surface area contributed by atoms with Gasteiger partial charge < -0.3 is 15.3 Å². The van der Waals surface area contributed by atoms with Crippen LogP contribution in [-0.2, 0) is 0 Å². The zero-order chi connectivity index (χ0) is 10.7. The van der Waals surface area contributed by atoms with Crippen molar-refractivity contribution in [3.63, 3.8) is 0 Å². The molecule has 2 rings (SSSR count). The third-order valence-electron chi connectivity index (χ3n) is 1.93. The quantitative estimate of drug-likeness (QED) is 0.513. The lowest BCUT2D eigenvalue weighted by Gasteiger charge is -1.99. The van der Waals surface area contributed by atoms with Crippen LogP contribution in [0, 0.1) is 0 Å². The number of hydrazine groups is 1. The highest BCUT2D eigenvalue weighted by Gasteiger charge is 2.06. The summed E-state index contributed by atoms with van der Waals surface area (Å²) in [7, 11) is 1.72. The lowest BCUT2D eigenvalue weighted by Crippen LogP contribution is -2.06. The van der Waals surface area contributed by atoms with E-state index in [0.717, 1.165) is 11.3 Å². The van der Waals surface area contributed by atoms with Gasteiger partial charge in [0.25, 0.3) is 0 Å². The summed E-state index contributed by atoms with van der Waals surface area (Å²) in [5, 5.41) is 6.58. The number of nitrogens with two attached hydrogens (primary N) is 1. The predicted octanol–water partition coefficient (Wildman–Crippen LogP) is 1.06. The number of nitrogens with one attached hydrogen (secondary N) is 2. The predicted molar refractivity (Wildman–Crippen MR) is 57.1 cm³/mol. The first-order chi connectivity index (χ1) is 7.33. The highest BCUT2D eigenvalue weighted by atomic mass is 16.5. The van der Waals surface area contributed by atoms with Crippen molar-refractivity contribution in [2.75, 3.05) is 17.8 Å². The summed E-state index contributed by atoms with van der Waals surface area (Å²) >= 11 is 0. The molecule has 0 unspecified atom stereocenters. The van der Waals surface area contributed by atoms with Crippen molar-refractivity contribution in [1.29, 1.82) is 0 Å². The van der Waals surface area contributed by atoms with Gasteiger partial charge in [-0.15, -0.1) is 0 Å². The molecule has 6 nitrogen and oxygen atoms in total. The molecule has 78 valence electrons. The number of rotatable bonds is 3. The number of aromatic nitrogens is 2. The van der Waals surface area contributed by atoms with Gasteiger partial charge in [-0.1, -0.05) is 17.3 Å². The minimum absolute atomic E-state index is 0.385. The van der Waals surface area contributed by atoms with Gasteiger partial charge >= 0.3 is 6.01 Å². The van der Waals surface area contributed by atoms with Gasteiger partial charge in [0.05, 0.1) is 0 Å². The van der Waals surface area contributed by atoms with Crippen molar-refractivity contribution in [1.82, 2.24) is 10.1 Å². The fourth-order valence-corrected chi connectivity index (χ4v) is 1.19. The molecule has 6 heteroatoms. The van der Waals surface area contributed by atoms with Crippen molar-refractivity contribution in [3.8, 4) is 11.4 Å². The van der Waals surface area contributed by atoms with Crippen molar-refractivity contribution >= 4 is 11.7 Å². The van der Waals surface area contributed by atoms with Crippen LogP contribution in [-0.4, -0.2) is 17.2 Å². The Morgan fingerprint density at radius 2 is 2.27 bits per heavy atom. The minimum atomic E-state index is 0.385. The van der Waals surface area contributed by atoms with E-state index in [1.54, 1.807) is 7.05 Å². The second kappa shape index (κ2) is 3.97. The topological polar surface area (TPSA) is 89.0 Å². The van der Waals surface area contributed by atoms with Crippen LogP contribution in [0.15, 0.2) is 28.8 Å². The number of anilines is 2. The average Bonchev–Trinajstić information content (AvgIpc) is 2.78. The Labute approximate surface area is 86.4 Å². The van der Waals surface area contributed by atoms with E-state index in [2.05, 4.69) is 20.9 Å². The molecule has 1 heterocycles. The molecule has 1 aromatic heterocycles. The molecule has 0 aliphatic heterocycles. The highest BCUT2D eigenvalue weighted by molar-refractivity contribution is 5.62. The maximum absolute atomic E-state index is 5.30. The van der Waals surface area contributed by atoms with Crippen LogP contribution in [0.2, 0.25) is 0 Å². The van der Waals surface area contributed by atoms with E-state index in [1.165, 1.54) is 0 Å².